The van der Waals surface area contributed by atoms with E-state index in [2.05, 4.69) is 26.0 Å². The molecule has 0 bridgehead atoms. The molecule has 82 valence electrons. The molecule has 1 fully saturated rings. The quantitative estimate of drug-likeness (QED) is 0.823. The van der Waals surface area contributed by atoms with Crippen molar-refractivity contribution in [3.63, 3.8) is 0 Å². The van der Waals surface area contributed by atoms with Crippen molar-refractivity contribution in [3.05, 3.63) is 29.8 Å². The van der Waals surface area contributed by atoms with E-state index in [9.17, 15) is 0 Å². The summed E-state index contributed by atoms with van der Waals surface area (Å²) in [5.41, 5.74) is 7.66. The second-order valence-electron chi connectivity index (χ2n) is 4.99. The number of hydrogen-bond acceptors (Lipinski definition) is 2. The normalized spacial score (nSPS) is 27.5. The monoisotopic (exact) mass is 205 g/mol. The predicted molar refractivity (Wildman–Crippen MR) is 61.9 cm³/mol. The fourth-order valence-electron chi connectivity index (χ4n) is 2.16. The van der Waals surface area contributed by atoms with Crippen LogP contribution in [0.5, 0.6) is 5.75 Å². The lowest BCUT2D eigenvalue weighted by Crippen LogP contribution is -2.25. The molecule has 1 aliphatic carbocycles. The van der Waals surface area contributed by atoms with E-state index < -0.39 is 0 Å². The van der Waals surface area contributed by atoms with E-state index in [1.807, 2.05) is 19.1 Å². The van der Waals surface area contributed by atoms with Crippen molar-refractivity contribution in [1.29, 1.82) is 0 Å². The van der Waals surface area contributed by atoms with E-state index in [0.29, 0.717) is 6.61 Å². The fourth-order valence-corrected chi connectivity index (χ4v) is 2.16. The summed E-state index contributed by atoms with van der Waals surface area (Å²) in [5, 5.41) is 0. The minimum absolute atomic E-state index is 0.127. The molecule has 1 aromatic rings. The van der Waals surface area contributed by atoms with Crippen molar-refractivity contribution < 1.29 is 4.74 Å². The Morgan fingerprint density at radius 1 is 1.27 bits per heavy atom. The third-order valence-electron chi connectivity index (χ3n) is 3.48. The molecule has 0 aromatic heterocycles. The maximum absolute atomic E-state index is 6.33. The first kappa shape index (κ1) is 10.5. The number of hydrogen-bond donors (Lipinski definition) is 1. The van der Waals surface area contributed by atoms with E-state index in [-0.39, 0.29) is 11.0 Å². The summed E-state index contributed by atoms with van der Waals surface area (Å²) in [6.45, 7) is 7.12. The summed E-state index contributed by atoms with van der Waals surface area (Å²) >= 11 is 0. The lowest BCUT2D eigenvalue weighted by Gasteiger charge is -2.15. The topological polar surface area (TPSA) is 35.2 Å². The van der Waals surface area contributed by atoms with E-state index >= 15 is 0 Å². The second kappa shape index (κ2) is 3.24. The molecule has 0 saturated heterocycles. The minimum Gasteiger partial charge on any atom is -0.494 e. The van der Waals surface area contributed by atoms with Crippen molar-refractivity contribution in [3.8, 4) is 5.75 Å². The van der Waals surface area contributed by atoms with E-state index in [4.69, 9.17) is 10.5 Å². The van der Waals surface area contributed by atoms with Crippen LogP contribution in [0.1, 0.15) is 32.8 Å². The zero-order valence-electron chi connectivity index (χ0n) is 9.71. The highest BCUT2D eigenvalue weighted by Gasteiger charge is 2.59. The SMILES string of the molecule is CCOc1ccc(C2(N)CC2(C)C)cc1. The van der Waals surface area contributed by atoms with Gasteiger partial charge in [0.25, 0.3) is 0 Å². The molecular weight excluding hydrogens is 186 g/mol. The van der Waals surface area contributed by atoms with E-state index in [1.165, 1.54) is 5.56 Å². The van der Waals surface area contributed by atoms with E-state index in [0.717, 1.165) is 12.2 Å². The van der Waals surface area contributed by atoms with Gasteiger partial charge in [-0.05, 0) is 36.5 Å². The highest BCUT2D eigenvalue weighted by molar-refractivity contribution is 5.38. The maximum atomic E-state index is 6.33. The number of ether oxygens (including phenoxy) is 1. The van der Waals surface area contributed by atoms with Gasteiger partial charge in [0.1, 0.15) is 5.75 Å². The van der Waals surface area contributed by atoms with Crippen LogP contribution in [0.25, 0.3) is 0 Å². The summed E-state index contributed by atoms with van der Waals surface area (Å²) in [4.78, 5) is 0. The Morgan fingerprint density at radius 2 is 1.80 bits per heavy atom. The van der Waals surface area contributed by atoms with Crippen molar-refractivity contribution in [2.75, 3.05) is 6.61 Å². The molecule has 2 nitrogen and oxygen atoms in total. The van der Waals surface area contributed by atoms with Gasteiger partial charge in [0.15, 0.2) is 0 Å². The standard InChI is InChI=1S/C13H19NO/c1-4-15-11-7-5-10(6-8-11)13(14)9-12(13,2)3/h5-8H,4,9,14H2,1-3H3. The first-order chi connectivity index (χ1) is 6.99. The molecule has 0 aliphatic heterocycles. The first-order valence-electron chi connectivity index (χ1n) is 5.52. The third kappa shape index (κ3) is 1.63. The van der Waals surface area contributed by atoms with Crippen molar-refractivity contribution in [1.82, 2.24) is 0 Å². The van der Waals surface area contributed by atoms with Gasteiger partial charge in [-0.15, -0.1) is 0 Å². The van der Waals surface area contributed by atoms with Crippen molar-refractivity contribution in [2.24, 2.45) is 11.1 Å². The van der Waals surface area contributed by atoms with Gasteiger partial charge in [0, 0.05) is 5.54 Å². The summed E-state index contributed by atoms with van der Waals surface area (Å²) < 4.78 is 5.41. The van der Waals surface area contributed by atoms with Crippen molar-refractivity contribution in [2.45, 2.75) is 32.7 Å². The van der Waals surface area contributed by atoms with Gasteiger partial charge in [0.2, 0.25) is 0 Å². The molecule has 2 heteroatoms. The van der Waals surface area contributed by atoms with Gasteiger partial charge in [-0.2, -0.15) is 0 Å². The molecule has 0 amide bonds. The predicted octanol–water partition coefficient (Wildman–Crippen LogP) is 2.67. The fraction of sp³-hybridized carbons (Fsp3) is 0.538. The summed E-state index contributed by atoms with van der Waals surface area (Å²) in [7, 11) is 0. The Balaban J connectivity index is 2.18. The van der Waals surface area contributed by atoms with E-state index in [1.54, 1.807) is 0 Å². The van der Waals surface area contributed by atoms with Crippen molar-refractivity contribution >= 4 is 0 Å². The van der Waals surface area contributed by atoms with Crippen LogP contribution in [0.3, 0.4) is 0 Å². The molecule has 1 aromatic carbocycles. The van der Waals surface area contributed by atoms with Gasteiger partial charge < -0.3 is 10.5 Å². The Kier molecular flexibility index (Phi) is 2.27. The van der Waals surface area contributed by atoms with Crippen LogP contribution in [-0.4, -0.2) is 6.61 Å². The lowest BCUT2D eigenvalue weighted by molar-refractivity contribution is 0.340. The molecular formula is C13H19NO. The van der Waals surface area contributed by atoms with Crippen LogP contribution in [-0.2, 0) is 5.54 Å². The van der Waals surface area contributed by atoms with Gasteiger partial charge in [-0.25, -0.2) is 0 Å². The van der Waals surface area contributed by atoms with Crippen LogP contribution < -0.4 is 10.5 Å². The lowest BCUT2D eigenvalue weighted by atomic mass is 9.97. The third-order valence-corrected chi connectivity index (χ3v) is 3.48. The zero-order valence-corrected chi connectivity index (χ0v) is 9.71. The van der Waals surface area contributed by atoms with Gasteiger partial charge in [-0.1, -0.05) is 26.0 Å². The van der Waals surface area contributed by atoms with Crippen LogP contribution >= 0.6 is 0 Å². The first-order valence-corrected chi connectivity index (χ1v) is 5.52. The molecule has 2 rings (SSSR count). The zero-order chi connectivity index (χ0) is 11.1. The van der Waals surface area contributed by atoms with Gasteiger partial charge >= 0.3 is 0 Å². The van der Waals surface area contributed by atoms with Gasteiger partial charge in [0.05, 0.1) is 6.61 Å². The Labute approximate surface area is 91.4 Å². The molecule has 0 spiro atoms. The molecule has 0 heterocycles. The highest BCUT2D eigenvalue weighted by Crippen LogP contribution is 2.60. The number of nitrogens with two attached hydrogens (primary N) is 1. The molecule has 1 unspecified atom stereocenters. The van der Waals surface area contributed by atoms with Crippen LogP contribution in [0, 0.1) is 5.41 Å². The maximum Gasteiger partial charge on any atom is 0.119 e. The average Bonchev–Trinajstić information content (AvgIpc) is 2.69. The van der Waals surface area contributed by atoms with Crippen LogP contribution in [0.15, 0.2) is 24.3 Å². The number of benzene rings is 1. The smallest absolute Gasteiger partial charge is 0.119 e. The molecule has 1 saturated carbocycles. The molecule has 15 heavy (non-hydrogen) atoms. The Hall–Kier alpha value is -1.02. The second-order valence-corrected chi connectivity index (χ2v) is 4.99. The number of rotatable bonds is 3. The van der Waals surface area contributed by atoms with Crippen LogP contribution in [0.2, 0.25) is 0 Å². The highest BCUT2D eigenvalue weighted by atomic mass is 16.5. The van der Waals surface area contributed by atoms with Crippen LogP contribution in [0.4, 0.5) is 0 Å². The molecule has 0 radical (unpaired) electrons. The largest absolute Gasteiger partial charge is 0.494 e. The van der Waals surface area contributed by atoms with Gasteiger partial charge in [-0.3, -0.25) is 0 Å². The minimum atomic E-state index is -0.127. The summed E-state index contributed by atoms with van der Waals surface area (Å²) in [5.74, 6) is 0.920. The molecule has 1 atom stereocenters. The Morgan fingerprint density at radius 3 is 2.20 bits per heavy atom. The summed E-state index contributed by atoms with van der Waals surface area (Å²) in [6.07, 6.45) is 1.06. The average molecular weight is 205 g/mol. The summed E-state index contributed by atoms with van der Waals surface area (Å²) in [6, 6.07) is 8.17. The molecule has 1 aliphatic rings. The Bertz CT molecular complexity index is 355. The molecule has 2 N–H and O–H groups in total.